The average molecular weight is 339 g/mol. The van der Waals surface area contributed by atoms with Crippen LogP contribution in [0.3, 0.4) is 0 Å². The maximum absolute atomic E-state index is 6.46. The van der Waals surface area contributed by atoms with Crippen LogP contribution in [-0.4, -0.2) is 8.32 Å². The second kappa shape index (κ2) is 8.88. The van der Waals surface area contributed by atoms with Gasteiger partial charge in [0.15, 0.2) is 0 Å². The van der Waals surface area contributed by atoms with E-state index >= 15 is 0 Å². The third-order valence-corrected chi connectivity index (χ3v) is 4.76. The molecule has 0 saturated heterocycles. The molecule has 128 valence electrons. The molecule has 1 unspecified atom stereocenters. The quantitative estimate of drug-likeness (QED) is 0.377. The molecule has 2 aromatic rings. The molecule has 2 aromatic carbocycles. The minimum absolute atomic E-state index is 0.401. The van der Waals surface area contributed by atoms with Crippen LogP contribution >= 0.6 is 0 Å². The molecular weight excluding hydrogens is 308 g/mol. The molecule has 0 radical (unpaired) electrons. The zero-order valence-electron chi connectivity index (χ0n) is 15.5. The maximum Gasteiger partial charge on any atom is 0.242 e. The monoisotopic (exact) mass is 338 g/mol. The summed E-state index contributed by atoms with van der Waals surface area (Å²) in [5.74, 6) is 1.44. The van der Waals surface area contributed by atoms with Gasteiger partial charge in [-0.1, -0.05) is 80.4 Å². The van der Waals surface area contributed by atoms with Crippen molar-refractivity contribution >= 4 is 14.1 Å². The molecule has 2 rings (SSSR count). The second-order valence-corrected chi connectivity index (χ2v) is 11.7. The summed E-state index contributed by atoms with van der Waals surface area (Å²) >= 11 is 0. The second-order valence-electron chi connectivity index (χ2n) is 7.27. The zero-order valence-corrected chi connectivity index (χ0v) is 16.5. The first kappa shape index (κ1) is 18.5. The summed E-state index contributed by atoms with van der Waals surface area (Å²) in [6, 6.07) is 21.3. The van der Waals surface area contributed by atoms with Gasteiger partial charge in [0.05, 0.1) is 0 Å². The molecular formula is C22H30OSi. The van der Waals surface area contributed by atoms with E-state index in [2.05, 4.69) is 93.3 Å². The van der Waals surface area contributed by atoms with Crippen LogP contribution in [-0.2, 0) is 4.43 Å². The lowest BCUT2D eigenvalue weighted by Crippen LogP contribution is -2.24. The number of hydrogen-bond acceptors (Lipinski definition) is 1. The van der Waals surface area contributed by atoms with E-state index in [4.69, 9.17) is 4.43 Å². The Bertz CT molecular complexity index is 626. The molecule has 0 aliphatic heterocycles. The average Bonchev–Trinajstić information content (AvgIpc) is 2.58. The number of benzene rings is 2. The fourth-order valence-corrected chi connectivity index (χ4v) is 3.62. The highest BCUT2D eigenvalue weighted by atomic mass is 28.4. The van der Waals surface area contributed by atoms with Crippen molar-refractivity contribution in [1.82, 2.24) is 0 Å². The fraction of sp³-hybridized carbons (Fsp3) is 0.364. The summed E-state index contributed by atoms with van der Waals surface area (Å²) < 4.78 is 6.46. The van der Waals surface area contributed by atoms with E-state index in [0.717, 1.165) is 12.2 Å². The van der Waals surface area contributed by atoms with Crippen molar-refractivity contribution in [1.29, 1.82) is 0 Å². The minimum atomic E-state index is -1.67. The van der Waals surface area contributed by atoms with Gasteiger partial charge in [-0.2, -0.15) is 0 Å². The highest BCUT2D eigenvalue weighted by Gasteiger charge is 2.20. The van der Waals surface area contributed by atoms with E-state index in [9.17, 15) is 0 Å². The van der Waals surface area contributed by atoms with Crippen LogP contribution in [0.1, 0.15) is 43.2 Å². The summed E-state index contributed by atoms with van der Waals surface area (Å²) in [4.78, 5) is 0. The zero-order chi connectivity index (χ0) is 17.4. The van der Waals surface area contributed by atoms with Crippen molar-refractivity contribution in [3.63, 3.8) is 0 Å². The molecule has 0 bridgehead atoms. The first-order valence-corrected chi connectivity index (χ1v) is 12.4. The predicted octanol–water partition coefficient (Wildman–Crippen LogP) is 6.85. The molecule has 24 heavy (non-hydrogen) atoms. The van der Waals surface area contributed by atoms with Gasteiger partial charge >= 0.3 is 0 Å². The van der Waals surface area contributed by atoms with Gasteiger partial charge in [-0.3, -0.25) is 0 Å². The van der Waals surface area contributed by atoms with Crippen molar-refractivity contribution < 1.29 is 4.43 Å². The number of rotatable bonds is 8. The van der Waals surface area contributed by atoms with Crippen LogP contribution in [0.5, 0.6) is 0 Å². The van der Waals surface area contributed by atoms with Crippen LogP contribution in [0.2, 0.25) is 19.6 Å². The van der Waals surface area contributed by atoms with E-state index in [-0.39, 0.29) is 0 Å². The van der Waals surface area contributed by atoms with Gasteiger partial charge in [0.1, 0.15) is 5.76 Å². The summed E-state index contributed by atoms with van der Waals surface area (Å²) in [5.41, 5.74) is 2.55. The lowest BCUT2D eigenvalue weighted by Gasteiger charge is -2.24. The van der Waals surface area contributed by atoms with Gasteiger partial charge in [-0.05, 0) is 37.7 Å². The van der Waals surface area contributed by atoms with E-state index in [1.807, 2.05) is 0 Å². The Hall–Kier alpha value is -1.80. The Morgan fingerprint density at radius 3 is 2.08 bits per heavy atom. The molecule has 0 amide bonds. The molecule has 0 N–H and O–H groups in total. The van der Waals surface area contributed by atoms with Gasteiger partial charge in [-0.25, -0.2) is 0 Å². The number of hydrogen-bond donors (Lipinski definition) is 0. The van der Waals surface area contributed by atoms with Gasteiger partial charge in [0, 0.05) is 11.5 Å². The first-order chi connectivity index (χ1) is 11.5. The van der Waals surface area contributed by atoms with Crippen LogP contribution < -0.4 is 0 Å². The fourth-order valence-electron chi connectivity index (χ4n) is 2.77. The molecule has 2 heteroatoms. The molecule has 0 heterocycles. The molecule has 0 spiro atoms. The topological polar surface area (TPSA) is 9.23 Å². The molecule has 1 nitrogen and oxygen atoms in total. The van der Waals surface area contributed by atoms with Gasteiger partial charge in [-0.15, -0.1) is 0 Å². The summed E-state index contributed by atoms with van der Waals surface area (Å²) in [6.07, 6.45) is 5.95. The Balaban J connectivity index is 2.39. The van der Waals surface area contributed by atoms with E-state index < -0.39 is 8.32 Å². The number of unbranched alkanes of at least 4 members (excludes halogenated alkanes) is 1. The van der Waals surface area contributed by atoms with Crippen molar-refractivity contribution in [2.75, 3.05) is 0 Å². The molecule has 1 atom stereocenters. The summed E-state index contributed by atoms with van der Waals surface area (Å²) in [5, 5.41) is 0. The van der Waals surface area contributed by atoms with Crippen LogP contribution in [0.25, 0.3) is 5.76 Å². The third kappa shape index (κ3) is 6.01. The highest BCUT2D eigenvalue weighted by Crippen LogP contribution is 2.30. The van der Waals surface area contributed by atoms with Crippen LogP contribution in [0.4, 0.5) is 0 Å². The van der Waals surface area contributed by atoms with Gasteiger partial charge in [0.2, 0.25) is 8.32 Å². The number of allylic oxidation sites excluding steroid dienone is 1. The molecule has 0 aliphatic rings. The lowest BCUT2D eigenvalue weighted by atomic mass is 9.92. The third-order valence-electron chi connectivity index (χ3n) is 3.92. The highest BCUT2D eigenvalue weighted by molar-refractivity contribution is 6.70. The van der Waals surface area contributed by atoms with Crippen LogP contribution in [0, 0.1) is 0 Å². The Morgan fingerprint density at radius 1 is 0.958 bits per heavy atom. The van der Waals surface area contributed by atoms with E-state index in [1.165, 1.54) is 24.0 Å². The standard InChI is InChI=1S/C22H30OSi/c1-5-6-13-21(19-14-9-7-10-15-19)18-22(23-24(2,3)4)20-16-11-8-12-17-20/h7-12,14-18,21H,5-6,13H2,1-4H3/b22-18+. The molecule has 0 saturated carbocycles. The normalized spacial score (nSPS) is 13.6. The van der Waals surface area contributed by atoms with Crippen molar-refractivity contribution in [2.45, 2.75) is 51.7 Å². The van der Waals surface area contributed by atoms with Gasteiger partial charge in [0.25, 0.3) is 0 Å². The van der Waals surface area contributed by atoms with Crippen LogP contribution in [0.15, 0.2) is 66.7 Å². The predicted molar refractivity (Wildman–Crippen MR) is 108 cm³/mol. The van der Waals surface area contributed by atoms with Gasteiger partial charge < -0.3 is 4.43 Å². The first-order valence-electron chi connectivity index (χ1n) is 9.01. The van der Waals surface area contributed by atoms with Crippen molar-refractivity contribution in [3.8, 4) is 0 Å². The SMILES string of the molecule is CCCCC(/C=C(/O[Si](C)(C)C)c1ccccc1)c1ccccc1. The Kier molecular flexibility index (Phi) is 6.86. The smallest absolute Gasteiger partial charge is 0.242 e. The van der Waals surface area contributed by atoms with E-state index in [1.54, 1.807) is 0 Å². The van der Waals surface area contributed by atoms with Crippen molar-refractivity contribution in [2.24, 2.45) is 0 Å². The maximum atomic E-state index is 6.46. The molecule has 0 aliphatic carbocycles. The Labute approximate surface area is 148 Å². The lowest BCUT2D eigenvalue weighted by molar-refractivity contribution is 0.508. The molecule has 0 aromatic heterocycles. The summed E-state index contributed by atoms with van der Waals surface area (Å²) in [7, 11) is -1.67. The van der Waals surface area contributed by atoms with Crippen molar-refractivity contribution in [3.05, 3.63) is 77.9 Å². The Morgan fingerprint density at radius 2 is 1.54 bits per heavy atom. The summed E-state index contributed by atoms with van der Waals surface area (Å²) in [6.45, 7) is 8.98. The molecule has 0 fully saturated rings. The van der Waals surface area contributed by atoms with E-state index in [0.29, 0.717) is 5.92 Å². The largest absolute Gasteiger partial charge is 0.544 e. The minimum Gasteiger partial charge on any atom is -0.544 e.